The number of fused-ring (bicyclic) bond motifs is 1. The molecule has 7 nitrogen and oxygen atoms in total. The van der Waals surface area contributed by atoms with Crippen molar-refractivity contribution in [1.29, 1.82) is 0 Å². The van der Waals surface area contributed by atoms with Crippen LogP contribution in [0.4, 0.5) is 13.2 Å². The largest absolute Gasteiger partial charge is 0.396 e. The zero-order valence-electron chi connectivity index (χ0n) is 15.2. The van der Waals surface area contributed by atoms with Crippen molar-refractivity contribution in [3.8, 4) is 0 Å². The van der Waals surface area contributed by atoms with Crippen LogP contribution in [0.15, 0.2) is 24.3 Å². The Morgan fingerprint density at radius 2 is 1.68 bits per heavy atom. The lowest BCUT2D eigenvalue weighted by atomic mass is 9.93. The van der Waals surface area contributed by atoms with E-state index in [0.717, 1.165) is 0 Å². The molecule has 1 aliphatic rings. The van der Waals surface area contributed by atoms with Crippen molar-refractivity contribution in [3.05, 3.63) is 52.3 Å². The van der Waals surface area contributed by atoms with Gasteiger partial charge in [0.2, 0.25) is 0 Å². The Morgan fingerprint density at radius 1 is 1.14 bits per heavy atom. The Morgan fingerprint density at radius 3 is 2.11 bits per heavy atom. The molecule has 3 rings (SSSR count). The van der Waals surface area contributed by atoms with Crippen molar-refractivity contribution < 1.29 is 32.4 Å². The highest BCUT2D eigenvalue weighted by molar-refractivity contribution is 6.20. The zero-order valence-corrected chi connectivity index (χ0v) is 15.2. The van der Waals surface area contributed by atoms with E-state index in [1.807, 2.05) is 0 Å². The summed E-state index contributed by atoms with van der Waals surface area (Å²) in [4.78, 5) is 41.3. The molecule has 148 valence electrons. The number of nitrogens with zero attached hydrogens (tertiary/aromatic N) is 3. The molecule has 2 amide bonds. The predicted octanol–water partition coefficient (Wildman–Crippen LogP) is 2.83. The molecule has 0 saturated heterocycles. The number of alkyl halides is 3. The van der Waals surface area contributed by atoms with Crippen LogP contribution in [-0.4, -0.2) is 38.8 Å². The molecule has 28 heavy (non-hydrogen) atoms. The van der Waals surface area contributed by atoms with E-state index in [-0.39, 0.29) is 33.1 Å². The van der Waals surface area contributed by atoms with Crippen LogP contribution in [0.2, 0.25) is 0 Å². The molecular weight excluding hydrogens is 379 g/mol. The summed E-state index contributed by atoms with van der Waals surface area (Å²) in [5.41, 5.74) is 0.303. The fourth-order valence-electron chi connectivity index (χ4n) is 3.23. The Bertz CT molecular complexity index is 946. The van der Waals surface area contributed by atoms with Gasteiger partial charge in [0.1, 0.15) is 0 Å². The summed E-state index contributed by atoms with van der Waals surface area (Å²) in [6.45, 7) is 2.88. The number of hydrogen-bond acceptors (Lipinski definition) is 5. The first kappa shape index (κ1) is 19.6. The number of aromatic nitrogens is 2. The van der Waals surface area contributed by atoms with E-state index in [9.17, 15) is 27.6 Å². The number of hydrogen-bond donors (Lipinski definition) is 0. The Kier molecular flexibility index (Phi) is 4.74. The molecule has 10 heteroatoms. The molecule has 0 bridgehead atoms. The van der Waals surface area contributed by atoms with Gasteiger partial charge in [-0.2, -0.15) is 18.3 Å². The zero-order chi connectivity index (χ0) is 20.8. The normalized spacial score (nSPS) is 15.0. The average Bonchev–Trinajstić information content (AvgIpc) is 3.00. The van der Waals surface area contributed by atoms with Gasteiger partial charge >= 0.3 is 12.1 Å². The fraction of sp³-hybridized carbons (Fsp3) is 0.333. The van der Waals surface area contributed by atoms with Crippen LogP contribution >= 0.6 is 0 Å². The number of imide groups is 1. The molecule has 1 aliphatic heterocycles. The van der Waals surface area contributed by atoms with Gasteiger partial charge in [-0.25, -0.2) is 4.79 Å². The van der Waals surface area contributed by atoms with Crippen molar-refractivity contribution in [1.82, 2.24) is 14.8 Å². The minimum atomic E-state index is -4.75. The lowest BCUT2D eigenvalue weighted by Crippen LogP contribution is -2.34. The van der Waals surface area contributed by atoms with Crippen LogP contribution in [0.3, 0.4) is 0 Å². The maximum atomic E-state index is 13.6. The van der Waals surface area contributed by atoms with Crippen LogP contribution in [0.25, 0.3) is 0 Å². The van der Waals surface area contributed by atoms with Crippen molar-refractivity contribution in [2.24, 2.45) is 7.05 Å². The first-order chi connectivity index (χ1) is 13.0. The van der Waals surface area contributed by atoms with Crippen molar-refractivity contribution in [2.75, 3.05) is 0 Å². The van der Waals surface area contributed by atoms with Gasteiger partial charge in [0.15, 0.2) is 0 Å². The Balaban J connectivity index is 1.83. The summed E-state index contributed by atoms with van der Waals surface area (Å²) in [6, 6.07) is 5.76. The van der Waals surface area contributed by atoms with Crippen LogP contribution in [0, 0.1) is 13.8 Å². The summed E-state index contributed by atoms with van der Waals surface area (Å²) in [7, 11) is 1.50. The van der Waals surface area contributed by atoms with E-state index in [1.54, 1.807) is 0 Å². The minimum Gasteiger partial charge on any atom is -0.330 e. The van der Waals surface area contributed by atoms with E-state index in [1.165, 1.54) is 49.8 Å². The topological polar surface area (TPSA) is 81.5 Å². The van der Waals surface area contributed by atoms with Crippen LogP contribution in [0.1, 0.15) is 50.0 Å². The van der Waals surface area contributed by atoms with Gasteiger partial charge in [-0.1, -0.05) is 17.2 Å². The lowest BCUT2D eigenvalue weighted by Gasteiger charge is -2.21. The van der Waals surface area contributed by atoms with E-state index in [4.69, 9.17) is 4.84 Å². The van der Waals surface area contributed by atoms with Gasteiger partial charge in [-0.05, 0) is 26.0 Å². The number of halogens is 3. The molecular formula is C18H16F3N3O4. The van der Waals surface area contributed by atoms with Gasteiger partial charge in [-0.15, -0.1) is 0 Å². The van der Waals surface area contributed by atoms with Gasteiger partial charge in [-0.3, -0.25) is 14.3 Å². The molecule has 0 aliphatic carbocycles. The maximum absolute atomic E-state index is 13.6. The number of amides is 2. The Labute approximate surface area is 157 Å². The van der Waals surface area contributed by atoms with Crippen molar-refractivity contribution in [3.63, 3.8) is 0 Å². The minimum absolute atomic E-state index is 0.0200. The number of rotatable bonds is 4. The number of carbonyl (C=O) groups excluding carboxylic acids is 3. The Hall–Kier alpha value is -3.17. The first-order valence-electron chi connectivity index (χ1n) is 8.27. The number of benzene rings is 1. The van der Waals surface area contributed by atoms with Gasteiger partial charge in [0.25, 0.3) is 11.8 Å². The summed E-state index contributed by atoms with van der Waals surface area (Å²) in [5, 5.41) is 4.15. The quantitative estimate of drug-likeness (QED) is 0.744. The molecule has 0 spiro atoms. The van der Waals surface area contributed by atoms with E-state index < -0.39 is 36.3 Å². The summed E-state index contributed by atoms with van der Waals surface area (Å²) < 4.78 is 42.2. The highest BCUT2D eigenvalue weighted by atomic mass is 19.4. The maximum Gasteiger partial charge on any atom is 0.396 e. The smallest absolute Gasteiger partial charge is 0.330 e. The molecule has 1 unspecified atom stereocenters. The molecule has 0 saturated carbocycles. The van der Waals surface area contributed by atoms with Gasteiger partial charge in [0, 0.05) is 18.3 Å². The molecule has 1 aromatic carbocycles. The summed E-state index contributed by atoms with van der Waals surface area (Å²) in [6.07, 6.45) is -5.84. The lowest BCUT2D eigenvalue weighted by molar-refractivity contribution is -0.181. The second-order valence-corrected chi connectivity index (χ2v) is 6.42. The van der Waals surface area contributed by atoms with Crippen LogP contribution in [0.5, 0.6) is 0 Å². The molecule has 1 atom stereocenters. The predicted molar refractivity (Wildman–Crippen MR) is 89.1 cm³/mol. The van der Waals surface area contributed by atoms with Crippen molar-refractivity contribution >= 4 is 17.8 Å². The second kappa shape index (κ2) is 6.77. The standard InChI is InChI=1S/C18H16F3N3O4/c1-9-15(10(2)23(3)22-9)13(18(19,20)21)8-14(25)28-24-16(26)11-6-4-5-7-12(11)17(24)27/h4-7,13H,8H2,1-3H3. The second-order valence-electron chi connectivity index (χ2n) is 6.42. The van der Waals surface area contributed by atoms with Crippen LogP contribution in [-0.2, 0) is 16.7 Å². The third-order valence-electron chi connectivity index (χ3n) is 4.63. The van der Waals surface area contributed by atoms with Crippen LogP contribution < -0.4 is 0 Å². The molecule has 0 fully saturated rings. The molecule has 2 heterocycles. The van der Waals surface area contributed by atoms with Gasteiger partial charge < -0.3 is 4.84 Å². The number of aryl methyl sites for hydroxylation is 2. The fourth-order valence-corrected chi connectivity index (χ4v) is 3.23. The molecule has 0 N–H and O–H groups in total. The number of hydroxylamine groups is 2. The van der Waals surface area contributed by atoms with Crippen molar-refractivity contribution in [2.45, 2.75) is 32.4 Å². The highest BCUT2D eigenvalue weighted by Crippen LogP contribution is 2.40. The highest BCUT2D eigenvalue weighted by Gasteiger charge is 2.46. The van der Waals surface area contributed by atoms with Gasteiger partial charge in [0.05, 0.1) is 29.2 Å². The summed E-state index contributed by atoms with van der Waals surface area (Å²) in [5.74, 6) is -5.32. The number of carbonyl (C=O) groups is 3. The first-order valence-corrected chi connectivity index (χ1v) is 8.27. The average molecular weight is 395 g/mol. The SMILES string of the molecule is Cc1nn(C)c(C)c1C(CC(=O)ON1C(=O)c2ccccc2C1=O)C(F)(F)F. The van der Waals surface area contributed by atoms with E-state index in [0.29, 0.717) is 0 Å². The molecule has 0 radical (unpaired) electrons. The van der Waals surface area contributed by atoms with E-state index >= 15 is 0 Å². The molecule has 2 aromatic rings. The van der Waals surface area contributed by atoms with E-state index in [2.05, 4.69) is 5.10 Å². The summed E-state index contributed by atoms with van der Waals surface area (Å²) >= 11 is 0. The third kappa shape index (κ3) is 3.25. The third-order valence-corrected chi connectivity index (χ3v) is 4.63. The monoisotopic (exact) mass is 395 g/mol. The molecule has 1 aromatic heterocycles.